The summed E-state index contributed by atoms with van der Waals surface area (Å²) in [6.07, 6.45) is 5.07. The maximum Gasteiger partial charge on any atom is 0.307 e. The van der Waals surface area contributed by atoms with Gasteiger partial charge in [0.15, 0.2) is 0 Å². The molecule has 1 aromatic carbocycles. The van der Waals surface area contributed by atoms with Gasteiger partial charge in [-0.1, -0.05) is 24.3 Å². The molecule has 1 aromatic rings. The molecule has 2 atom stereocenters. The van der Waals surface area contributed by atoms with Crippen LogP contribution in [0.3, 0.4) is 0 Å². The van der Waals surface area contributed by atoms with Crippen molar-refractivity contribution >= 4 is 5.97 Å². The van der Waals surface area contributed by atoms with Gasteiger partial charge in [0.1, 0.15) is 0 Å². The molecule has 0 spiro atoms. The van der Waals surface area contributed by atoms with Gasteiger partial charge >= 0.3 is 5.97 Å². The summed E-state index contributed by atoms with van der Waals surface area (Å²) in [4.78, 5) is 12.1. The summed E-state index contributed by atoms with van der Waals surface area (Å²) >= 11 is 0. The lowest BCUT2D eigenvalue weighted by molar-refractivity contribution is -0.145. The maximum atomic E-state index is 12.1. The van der Waals surface area contributed by atoms with Crippen molar-refractivity contribution in [1.29, 1.82) is 0 Å². The highest BCUT2D eigenvalue weighted by molar-refractivity contribution is 5.71. The summed E-state index contributed by atoms with van der Waals surface area (Å²) in [7, 11) is 2.01. The quantitative estimate of drug-likeness (QED) is 0.865. The Morgan fingerprint density at radius 2 is 1.81 bits per heavy atom. The molecule has 0 aliphatic heterocycles. The smallest absolute Gasteiger partial charge is 0.307 e. The highest BCUT2D eigenvalue weighted by atomic mass is 16.5. The highest BCUT2D eigenvalue weighted by Crippen LogP contribution is 2.48. The molecule has 3 nitrogen and oxygen atoms in total. The number of benzene rings is 1. The van der Waals surface area contributed by atoms with Crippen LogP contribution < -0.4 is 5.32 Å². The first-order chi connectivity index (χ1) is 10.2. The molecule has 0 aromatic heterocycles. The highest BCUT2D eigenvalue weighted by Gasteiger charge is 2.51. The van der Waals surface area contributed by atoms with E-state index in [1.807, 2.05) is 14.0 Å². The fourth-order valence-corrected chi connectivity index (χ4v) is 4.54. The van der Waals surface area contributed by atoms with E-state index >= 15 is 0 Å². The fourth-order valence-electron chi connectivity index (χ4n) is 4.54. The fraction of sp³-hybridized carbons (Fsp3) is 0.611. The Kier molecular flexibility index (Phi) is 4.03. The lowest BCUT2D eigenvalue weighted by Gasteiger charge is -2.38. The largest absolute Gasteiger partial charge is 0.466 e. The standard InChI is InChI=1S/C18H25NO2/c1-3-21-17(20)12-18(19-2)15-8-9-16(18)11-14-7-5-4-6-13(14)10-15/h4-7,15-16,19H,3,8-12H2,1-2H3. The Hall–Kier alpha value is -1.35. The van der Waals surface area contributed by atoms with Crippen LogP contribution in [0.25, 0.3) is 0 Å². The van der Waals surface area contributed by atoms with E-state index in [0.717, 1.165) is 12.8 Å². The summed E-state index contributed by atoms with van der Waals surface area (Å²) < 4.78 is 5.23. The van der Waals surface area contributed by atoms with Crippen molar-refractivity contribution < 1.29 is 9.53 Å². The molecular weight excluding hydrogens is 262 g/mol. The van der Waals surface area contributed by atoms with Gasteiger partial charge < -0.3 is 10.1 Å². The van der Waals surface area contributed by atoms with Gasteiger partial charge in [0, 0.05) is 5.54 Å². The van der Waals surface area contributed by atoms with E-state index < -0.39 is 0 Å². The first-order valence-electron chi connectivity index (χ1n) is 8.11. The normalized spacial score (nSPS) is 30.6. The van der Waals surface area contributed by atoms with E-state index in [1.165, 1.54) is 24.0 Å². The number of ether oxygens (including phenoxy) is 1. The summed E-state index contributed by atoms with van der Waals surface area (Å²) in [5.41, 5.74) is 2.84. The number of carbonyl (C=O) groups is 1. The van der Waals surface area contributed by atoms with Crippen molar-refractivity contribution in [3.05, 3.63) is 35.4 Å². The van der Waals surface area contributed by atoms with Crippen molar-refractivity contribution in [2.24, 2.45) is 11.8 Å². The molecule has 1 fully saturated rings. The van der Waals surface area contributed by atoms with Crippen LogP contribution in [0.2, 0.25) is 0 Å². The van der Waals surface area contributed by atoms with Crippen LogP contribution in [0.15, 0.2) is 24.3 Å². The number of nitrogens with one attached hydrogen (secondary N) is 1. The van der Waals surface area contributed by atoms with Gasteiger partial charge in [-0.2, -0.15) is 0 Å². The van der Waals surface area contributed by atoms with E-state index in [0.29, 0.717) is 24.9 Å². The minimum atomic E-state index is -0.0920. The second-order valence-corrected chi connectivity index (χ2v) is 6.42. The number of fused-ring (bicyclic) bond motifs is 3. The topological polar surface area (TPSA) is 38.3 Å². The molecule has 2 aliphatic carbocycles. The average Bonchev–Trinajstić information content (AvgIpc) is 2.71. The molecule has 0 saturated heterocycles. The molecule has 2 aliphatic rings. The Labute approximate surface area is 127 Å². The van der Waals surface area contributed by atoms with Crippen LogP contribution in [0.1, 0.15) is 37.3 Å². The third kappa shape index (κ3) is 2.48. The van der Waals surface area contributed by atoms with Crippen LogP contribution >= 0.6 is 0 Å². The number of hydrogen-bond donors (Lipinski definition) is 1. The summed E-state index contributed by atoms with van der Waals surface area (Å²) in [5.74, 6) is 0.996. The van der Waals surface area contributed by atoms with Crippen LogP contribution in [0.4, 0.5) is 0 Å². The first kappa shape index (κ1) is 14.6. The van der Waals surface area contributed by atoms with Crippen LogP contribution in [-0.4, -0.2) is 25.2 Å². The summed E-state index contributed by atoms with van der Waals surface area (Å²) in [6, 6.07) is 8.76. The van der Waals surface area contributed by atoms with Gasteiger partial charge in [-0.3, -0.25) is 4.79 Å². The second-order valence-electron chi connectivity index (χ2n) is 6.42. The SMILES string of the molecule is CCOC(=O)CC1(NC)C2CCC1Cc1ccccc1C2. The Morgan fingerprint density at radius 1 is 1.24 bits per heavy atom. The maximum absolute atomic E-state index is 12.1. The monoisotopic (exact) mass is 287 g/mol. The third-order valence-electron chi connectivity index (χ3n) is 5.58. The van der Waals surface area contributed by atoms with Crippen molar-refractivity contribution in [2.45, 2.75) is 44.6 Å². The van der Waals surface area contributed by atoms with Crippen molar-refractivity contribution in [3.63, 3.8) is 0 Å². The molecule has 21 heavy (non-hydrogen) atoms. The summed E-state index contributed by atoms with van der Waals surface area (Å²) in [6.45, 7) is 2.34. The molecule has 2 bridgehead atoms. The van der Waals surface area contributed by atoms with E-state index in [1.54, 1.807) is 0 Å². The lowest BCUT2D eigenvalue weighted by atomic mass is 9.76. The predicted molar refractivity (Wildman–Crippen MR) is 83.1 cm³/mol. The van der Waals surface area contributed by atoms with Crippen molar-refractivity contribution in [1.82, 2.24) is 5.32 Å². The van der Waals surface area contributed by atoms with E-state index in [-0.39, 0.29) is 11.5 Å². The Bertz CT molecular complexity index is 493. The van der Waals surface area contributed by atoms with Crippen molar-refractivity contribution in [3.8, 4) is 0 Å². The van der Waals surface area contributed by atoms with Gasteiger partial charge in [0.25, 0.3) is 0 Å². The lowest BCUT2D eigenvalue weighted by Crippen LogP contribution is -2.53. The average molecular weight is 287 g/mol. The molecule has 1 N–H and O–H groups in total. The molecule has 114 valence electrons. The van der Waals surface area contributed by atoms with E-state index in [9.17, 15) is 4.79 Å². The number of esters is 1. The van der Waals surface area contributed by atoms with Crippen LogP contribution in [0.5, 0.6) is 0 Å². The molecule has 0 radical (unpaired) electrons. The number of rotatable bonds is 4. The van der Waals surface area contributed by atoms with Gasteiger partial charge in [-0.05, 0) is 62.6 Å². The van der Waals surface area contributed by atoms with E-state index in [4.69, 9.17) is 4.74 Å². The van der Waals surface area contributed by atoms with Gasteiger partial charge in [0.2, 0.25) is 0 Å². The molecule has 2 unspecified atom stereocenters. The summed E-state index contributed by atoms with van der Waals surface area (Å²) in [5, 5.41) is 3.54. The van der Waals surface area contributed by atoms with Crippen LogP contribution in [-0.2, 0) is 22.4 Å². The Balaban J connectivity index is 1.91. The van der Waals surface area contributed by atoms with Gasteiger partial charge in [-0.15, -0.1) is 0 Å². The molecular formula is C18H25NO2. The molecule has 0 amide bonds. The minimum Gasteiger partial charge on any atom is -0.466 e. The zero-order chi connectivity index (χ0) is 14.9. The van der Waals surface area contributed by atoms with Crippen molar-refractivity contribution in [2.75, 3.05) is 13.7 Å². The van der Waals surface area contributed by atoms with Gasteiger partial charge in [-0.25, -0.2) is 0 Å². The second kappa shape index (κ2) is 5.80. The minimum absolute atomic E-state index is 0.0605. The molecule has 0 heterocycles. The first-order valence-corrected chi connectivity index (χ1v) is 8.11. The number of hydrogen-bond acceptors (Lipinski definition) is 3. The third-order valence-corrected chi connectivity index (χ3v) is 5.58. The Morgan fingerprint density at radius 3 is 2.29 bits per heavy atom. The van der Waals surface area contributed by atoms with E-state index in [2.05, 4.69) is 29.6 Å². The predicted octanol–water partition coefficient (Wildman–Crippen LogP) is 2.72. The zero-order valence-corrected chi connectivity index (χ0v) is 13.0. The molecule has 3 heteroatoms. The zero-order valence-electron chi connectivity index (χ0n) is 13.0. The molecule has 1 saturated carbocycles. The van der Waals surface area contributed by atoms with Crippen LogP contribution in [0, 0.1) is 11.8 Å². The van der Waals surface area contributed by atoms with Gasteiger partial charge in [0.05, 0.1) is 13.0 Å². The molecule has 3 rings (SSSR count). The number of carbonyl (C=O) groups excluding carboxylic acids is 1.